The van der Waals surface area contributed by atoms with E-state index in [1.54, 1.807) is 20.8 Å². The third kappa shape index (κ3) is 4.31. The molecule has 2 atom stereocenters. The fourth-order valence-electron chi connectivity index (χ4n) is 1.76. The monoisotopic (exact) mass is 336 g/mol. The van der Waals surface area contributed by atoms with Gasteiger partial charge in [-0.3, -0.25) is 4.79 Å². The predicted molar refractivity (Wildman–Crippen MR) is 81.0 cm³/mol. The highest BCUT2D eigenvalue weighted by atomic mass is 35.5. The van der Waals surface area contributed by atoms with Gasteiger partial charge in [0.2, 0.25) is 0 Å². The fraction of sp³-hybridized carbons (Fsp3) is 0.533. The smallest absolute Gasteiger partial charge is 0.312 e. The number of hydrogen-bond acceptors (Lipinski definition) is 3. The van der Waals surface area contributed by atoms with E-state index in [-0.39, 0.29) is 15.6 Å². The lowest BCUT2D eigenvalue weighted by Gasteiger charge is -2.32. The molecule has 0 aliphatic rings. The first-order valence-corrected chi connectivity index (χ1v) is 7.22. The van der Waals surface area contributed by atoms with Gasteiger partial charge in [0.25, 0.3) is 0 Å². The van der Waals surface area contributed by atoms with E-state index in [2.05, 4.69) is 0 Å². The van der Waals surface area contributed by atoms with Gasteiger partial charge in [-0.1, -0.05) is 23.2 Å². The van der Waals surface area contributed by atoms with E-state index in [0.717, 1.165) is 6.07 Å². The third-order valence-electron chi connectivity index (χ3n) is 3.16. The van der Waals surface area contributed by atoms with Gasteiger partial charge in [0.05, 0.1) is 10.9 Å². The second kappa shape index (κ2) is 6.11. The molecule has 3 nitrogen and oxygen atoms in total. The van der Waals surface area contributed by atoms with Gasteiger partial charge in [0.1, 0.15) is 17.0 Å². The summed E-state index contributed by atoms with van der Waals surface area (Å²) in [5.41, 5.74) is -2.29. The molecule has 1 aromatic rings. The molecule has 6 heteroatoms. The summed E-state index contributed by atoms with van der Waals surface area (Å²) in [6.07, 6.45) is 0. The highest BCUT2D eigenvalue weighted by Crippen LogP contribution is 2.37. The molecule has 118 valence electrons. The molecule has 0 aliphatic heterocycles. The van der Waals surface area contributed by atoms with Crippen LogP contribution in [0, 0.1) is 11.7 Å². The molecule has 1 aromatic carbocycles. The summed E-state index contributed by atoms with van der Waals surface area (Å²) in [4.78, 5) is 12.1. The quantitative estimate of drug-likeness (QED) is 0.660. The molecule has 0 spiro atoms. The fourth-order valence-corrected chi connectivity index (χ4v) is 2.34. The first kappa shape index (κ1) is 18.2. The standard InChI is InChI=1S/C15H19Cl2FO3/c1-8(13(19)21-14(2,3)4)15(5,20)9-6-12(18)11(17)7-10(9)16/h6-8,20H,1-5H3. The second-order valence-corrected chi connectivity index (χ2v) is 6.96. The van der Waals surface area contributed by atoms with E-state index in [0.29, 0.717) is 0 Å². The van der Waals surface area contributed by atoms with Crippen molar-refractivity contribution in [1.29, 1.82) is 0 Å². The van der Waals surface area contributed by atoms with Crippen LogP contribution in [0.15, 0.2) is 12.1 Å². The first-order chi connectivity index (χ1) is 9.36. The van der Waals surface area contributed by atoms with Gasteiger partial charge in [-0.25, -0.2) is 4.39 Å². The molecule has 2 unspecified atom stereocenters. The Kier molecular flexibility index (Phi) is 5.30. The maximum Gasteiger partial charge on any atom is 0.312 e. The number of aliphatic hydroxyl groups is 1. The zero-order chi connectivity index (χ0) is 16.6. The molecule has 0 aromatic heterocycles. The highest BCUT2D eigenvalue weighted by molar-refractivity contribution is 6.35. The summed E-state index contributed by atoms with van der Waals surface area (Å²) in [5.74, 6) is -2.25. The van der Waals surface area contributed by atoms with Crippen LogP contribution in [0.25, 0.3) is 0 Å². The van der Waals surface area contributed by atoms with Crippen LogP contribution in [0.4, 0.5) is 4.39 Å². The molecule has 0 bridgehead atoms. The van der Waals surface area contributed by atoms with Crippen molar-refractivity contribution in [3.63, 3.8) is 0 Å². The van der Waals surface area contributed by atoms with Gasteiger partial charge in [-0.05, 0) is 46.8 Å². The van der Waals surface area contributed by atoms with Crippen LogP contribution < -0.4 is 0 Å². The van der Waals surface area contributed by atoms with Crippen molar-refractivity contribution >= 4 is 29.2 Å². The van der Waals surface area contributed by atoms with Crippen LogP contribution in [0.5, 0.6) is 0 Å². The van der Waals surface area contributed by atoms with Crippen molar-refractivity contribution in [2.75, 3.05) is 0 Å². The van der Waals surface area contributed by atoms with Crippen LogP contribution in [-0.2, 0) is 15.1 Å². The predicted octanol–water partition coefficient (Wildman–Crippen LogP) is 4.32. The van der Waals surface area contributed by atoms with Gasteiger partial charge in [0, 0.05) is 10.6 Å². The van der Waals surface area contributed by atoms with Crippen LogP contribution in [-0.4, -0.2) is 16.7 Å². The Balaban J connectivity index is 3.16. The minimum absolute atomic E-state index is 0.0850. The molecule has 0 aliphatic carbocycles. The van der Waals surface area contributed by atoms with E-state index in [4.69, 9.17) is 27.9 Å². The molecule has 0 saturated heterocycles. The van der Waals surface area contributed by atoms with Crippen LogP contribution in [0.3, 0.4) is 0 Å². The Labute approximate surface area is 134 Å². The van der Waals surface area contributed by atoms with Crippen LogP contribution in [0.1, 0.15) is 40.2 Å². The summed E-state index contributed by atoms with van der Waals surface area (Å²) in [6, 6.07) is 2.23. The van der Waals surface area contributed by atoms with Crippen LogP contribution in [0.2, 0.25) is 10.0 Å². The largest absolute Gasteiger partial charge is 0.460 e. The lowest BCUT2D eigenvalue weighted by Crippen LogP contribution is -2.39. The second-order valence-electron chi connectivity index (χ2n) is 6.15. The number of esters is 1. The molecular formula is C15H19Cl2FO3. The minimum Gasteiger partial charge on any atom is -0.460 e. The summed E-state index contributed by atoms with van der Waals surface area (Å²) in [7, 11) is 0. The average molecular weight is 337 g/mol. The number of carbonyl (C=O) groups excluding carboxylic acids is 1. The molecule has 0 amide bonds. The first-order valence-electron chi connectivity index (χ1n) is 6.46. The van der Waals surface area contributed by atoms with E-state index >= 15 is 0 Å². The van der Waals surface area contributed by atoms with Gasteiger partial charge >= 0.3 is 5.97 Å². The summed E-state index contributed by atoms with van der Waals surface area (Å²) in [6.45, 7) is 8.05. The van der Waals surface area contributed by atoms with E-state index in [9.17, 15) is 14.3 Å². The zero-order valence-corrected chi connectivity index (χ0v) is 14.1. The normalized spacial score (nSPS) is 16.2. The number of hydrogen-bond donors (Lipinski definition) is 1. The molecule has 1 N–H and O–H groups in total. The van der Waals surface area contributed by atoms with Crippen molar-refractivity contribution in [1.82, 2.24) is 0 Å². The molecular weight excluding hydrogens is 318 g/mol. The van der Waals surface area contributed by atoms with Crippen molar-refractivity contribution < 1.29 is 19.0 Å². The maximum atomic E-state index is 13.6. The molecule has 0 saturated carbocycles. The molecule has 0 fully saturated rings. The lowest BCUT2D eigenvalue weighted by atomic mass is 9.84. The van der Waals surface area contributed by atoms with Crippen molar-refractivity contribution in [3.05, 3.63) is 33.6 Å². The molecule has 0 heterocycles. The Bertz CT molecular complexity index is 551. The van der Waals surface area contributed by atoms with Crippen molar-refractivity contribution in [2.24, 2.45) is 5.92 Å². The number of ether oxygens (including phenoxy) is 1. The molecule has 21 heavy (non-hydrogen) atoms. The molecule has 0 radical (unpaired) electrons. The third-order valence-corrected chi connectivity index (χ3v) is 3.76. The Morgan fingerprint density at radius 3 is 2.24 bits per heavy atom. The Morgan fingerprint density at radius 1 is 1.24 bits per heavy atom. The SMILES string of the molecule is CC(C(=O)OC(C)(C)C)C(C)(O)c1cc(F)c(Cl)cc1Cl. The van der Waals surface area contributed by atoms with Gasteiger partial charge < -0.3 is 9.84 Å². The van der Waals surface area contributed by atoms with E-state index < -0.39 is 28.9 Å². The average Bonchev–Trinajstić information content (AvgIpc) is 2.30. The zero-order valence-electron chi connectivity index (χ0n) is 12.6. The summed E-state index contributed by atoms with van der Waals surface area (Å²) >= 11 is 11.6. The van der Waals surface area contributed by atoms with Crippen molar-refractivity contribution in [2.45, 2.75) is 45.8 Å². The number of carbonyl (C=O) groups is 1. The Hall–Kier alpha value is -0.840. The maximum absolute atomic E-state index is 13.6. The Morgan fingerprint density at radius 2 is 1.76 bits per heavy atom. The topological polar surface area (TPSA) is 46.5 Å². The number of halogens is 3. The molecule has 1 rings (SSSR count). The number of benzene rings is 1. The van der Waals surface area contributed by atoms with Crippen LogP contribution >= 0.6 is 23.2 Å². The number of rotatable bonds is 3. The summed E-state index contributed by atoms with van der Waals surface area (Å²) in [5, 5.41) is 10.6. The van der Waals surface area contributed by atoms with Gasteiger partial charge in [0.15, 0.2) is 0 Å². The highest BCUT2D eigenvalue weighted by Gasteiger charge is 2.39. The van der Waals surface area contributed by atoms with Crippen molar-refractivity contribution in [3.8, 4) is 0 Å². The van der Waals surface area contributed by atoms with Gasteiger partial charge in [-0.15, -0.1) is 0 Å². The van der Waals surface area contributed by atoms with Gasteiger partial charge in [-0.2, -0.15) is 0 Å². The lowest BCUT2D eigenvalue weighted by molar-refractivity contribution is -0.168. The van der Waals surface area contributed by atoms with E-state index in [1.807, 2.05) is 0 Å². The summed E-state index contributed by atoms with van der Waals surface area (Å²) < 4.78 is 18.8. The van der Waals surface area contributed by atoms with E-state index in [1.165, 1.54) is 19.9 Å². The minimum atomic E-state index is -1.69.